The van der Waals surface area contributed by atoms with E-state index in [4.69, 9.17) is 5.73 Å². The van der Waals surface area contributed by atoms with Gasteiger partial charge in [-0.3, -0.25) is 4.79 Å². The van der Waals surface area contributed by atoms with Crippen molar-refractivity contribution in [2.24, 2.45) is 0 Å². The summed E-state index contributed by atoms with van der Waals surface area (Å²) in [5.74, 6) is 3.53. The molecular weight excluding hydrogens is 278 g/mol. The van der Waals surface area contributed by atoms with Crippen LogP contribution in [0.1, 0.15) is 23.8 Å². The fourth-order valence-electron chi connectivity index (χ4n) is 2.10. The van der Waals surface area contributed by atoms with Crippen molar-refractivity contribution >= 4 is 35.1 Å². The summed E-state index contributed by atoms with van der Waals surface area (Å²) < 4.78 is 1.94. The maximum absolute atomic E-state index is 12.2. The molecule has 1 fully saturated rings. The summed E-state index contributed by atoms with van der Waals surface area (Å²) in [5.41, 5.74) is 7.11. The lowest BCUT2D eigenvalue weighted by molar-refractivity contribution is 0.0945. The number of carbonyl (C=O) groups is 1. The van der Waals surface area contributed by atoms with E-state index in [1.807, 2.05) is 34.3 Å². The van der Waals surface area contributed by atoms with E-state index in [2.05, 4.69) is 12.2 Å². The highest BCUT2D eigenvalue weighted by molar-refractivity contribution is 8.06. The molecule has 0 bridgehead atoms. The number of hydrogen-bond donors (Lipinski definition) is 2. The lowest BCUT2D eigenvalue weighted by Gasteiger charge is -2.21. The Balaban J connectivity index is 1.91. The Kier molecular flexibility index (Phi) is 5.51. The number of nitrogens with one attached hydrogen (secondary N) is 1. The third-order valence-corrected chi connectivity index (χ3v) is 5.83. The van der Waals surface area contributed by atoms with Crippen molar-refractivity contribution in [3.63, 3.8) is 0 Å². The molecule has 1 unspecified atom stereocenters. The summed E-state index contributed by atoms with van der Waals surface area (Å²) >= 11 is 3.92. The van der Waals surface area contributed by atoms with Crippen LogP contribution in [0.5, 0.6) is 0 Å². The zero-order valence-corrected chi connectivity index (χ0v) is 12.9. The number of aromatic nitrogens is 1. The standard InChI is InChI=1S/C13H21N3OS2/c1-2-3-16-8-10(14)6-12(16)13(17)15-7-11-9-18-4-5-19-11/h6,8,11H,2-5,7,9,14H2,1H3,(H,15,17). The van der Waals surface area contributed by atoms with Crippen LogP contribution in [0.2, 0.25) is 0 Å². The van der Waals surface area contributed by atoms with E-state index in [0.717, 1.165) is 25.3 Å². The summed E-state index contributed by atoms with van der Waals surface area (Å²) in [4.78, 5) is 12.2. The molecule has 4 nitrogen and oxygen atoms in total. The Bertz CT molecular complexity index is 428. The van der Waals surface area contributed by atoms with E-state index in [9.17, 15) is 4.79 Å². The van der Waals surface area contributed by atoms with Crippen LogP contribution in [0.25, 0.3) is 0 Å². The van der Waals surface area contributed by atoms with Gasteiger partial charge in [0, 0.05) is 41.8 Å². The first kappa shape index (κ1) is 14.7. The second kappa shape index (κ2) is 7.14. The van der Waals surface area contributed by atoms with Gasteiger partial charge < -0.3 is 15.6 Å². The number of carbonyl (C=O) groups excluding carboxylic acids is 1. The second-order valence-corrected chi connectivity index (χ2v) is 7.19. The summed E-state index contributed by atoms with van der Waals surface area (Å²) in [5, 5.41) is 3.57. The topological polar surface area (TPSA) is 60.0 Å². The first-order chi connectivity index (χ1) is 9.20. The summed E-state index contributed by atoms with van der Waals surface area (Å²) in [6.45, 7) is 3.66. The Hall–Kier alpha value is -0.750. The van der Waals surface area contributed by atoms with Crippen molar-refractivity contribution in [3.8, 4) is 0 Å². The Morgan fingerprint density at radius 3 is 3.11 bits per heavy atom. The fraction of sp³-hybridized carbons (Fsp3) is 0.615. The van der Waals surface area contributed by atoms with E-state index in [-0.39, 0.29) is 5.91 Å². The van der Waals surface area contributed by atoms with Gasteiger partial charge in [-0.15, -0.1) is 0 Å². The molecule has 106 valence electrons. The Morgan fingerprint density at radius 1 is 1.58 bits per heavy atom. The molecule has 2 rings (SSSR count). The Morgan fingerprint density at radius 2 is 2.42 bits per heavy atom. The van der Waals surface area contributed by atoms with Crippen LogP contribution in [-0.4, -0.2) is 39.5 Å². The highest BCUT2D eigenvalue weighted by Gasteiger charge is 2.17. The average molecular weight is 299 g/mol. The van der Waals surface area contributed by atoms with Gasteiger partial charge in [0.05, 0.1) is 5.69 Å². The second-order valence-electron chi connectivity index (χ2n) is 4.63. The monoisotopic (exact) mass is 299 g/mol. The van der Waals surface area contributed by atoms with Gasteiger partial charge in [0.2, 0.25) is 0 Å². The highest BCUT2D eigenvalue weighted by Crippen LogP contribution is 2.23. The maximum atomic E-state index is 12.2. The van der Waals surface area contributed by atoms with Gasteiger partial charge in [-0.05, 0) is 12.5 Å². The van der Waals surface area contributed by atoms with Gasteiger partial charge in [0.25, 0.3) is 5.91 Å². The van der Waals surface area contributed by atoms with Crippen LogP contribution in [0, 0.1) is 0 Å². The molecule has 1 aromatic rings. The van der Waals surface area contributed by atoms with E-state index in [0.29, 0.717) is 16.6 Å². The SMILES string of the molecule is CCCn1cc(N)cc1C(=O)NCC1CSCCS1. The van der Waals surface area contributed by atoms with E-state index >= 15 is 0 Å². The van der Waals surface area contributed by atoms with Crippen LogP contribution >= 0.6 is 23.5 Å². The fourth-order valence-corrected chi connectivity index (χ4v) is 4.71. The van der Waals surface area contributed by atoms with Crippen LogP contribution in [-0.2, 0) is 6.54 Å². The molecule has 2 heterocycles. The van der Waals surface area contributed by atoms with Gasteiger partial charge in [-0.1, -0.05) is 6.92 Å². The quantitative estimate of drug-likeness (QED) is 0.874. The smallest absolute Gasteiger partial charge is 0.268 e. The molecule has 3 N–H and O–H groups in total. The van der Waals surface area contributed by atoms with Crippen molar-refractivity contribution in [1.82, 2.24) is 9.88 Å². The first-order valence-corrected chi connectivity index (χ1v) is 8.84. The van der Waals surface area contributed by atoms with Crippen LogP contribution in [0.3, 0.4) is 0 Å². The van der Waals surface area contributed by atoms with Gasteiger partial charge in [0.15, 0.2) is 0 Å². The third-order valence-electron chi connectivity index (χ3n) is 2.99. The molecular formula is C13H21N3OS2. The predicted molar refractivity (Wildman–Crippen MR) is 85.0 cm³/mol. The minimum atomic E-state index is -0.0127. The summed E-state index contributed by atoms with van der Waals surface area (Å²) in [6, 6.07) is 1.76. The first-order valence-electron chi connectivity index (χ1n) is 6.64. The van der Waals surface area contributed by atoms with Crippen LogP contribution in [0.4, 0.5) is 5.69 Å². The largest absolute Gasteiger partial charge is 0.397 e. The number of hydrogen-bond acceptors (Lipinski definition) is 4. The molecule has 1 amide bonds. The van der Waals surface area contributed by atoms with Gasteiger partial charge in [-0.25, -0.2) is 0 Å². The van der Waals surface area contributed by atoms with Crippen molar-refractivity contribution < 1.29 is 4.79 Å². The molecule has 0 aliphatic carbocycles. The molecule has 0 aromatic carbocycles. The summed E-state index contributed by atoms with van der Waals surface area (Å²) in [7, 11) is 0. The molecule has 19 heavy (non-hydrogen) atoms. The zero-order valence-electron chi connectivity index (χ0n) is 11.2. The van der Waals surface area contributed by atoms with Crippen molar-refractivity contribution in [2.75, 3.05) is 29.5 Å². The van der Waals surface area contributed by atoms with Crippen molar-refractivity contribution in [1.29, 1.82) is 0 Å². The minimum absolute atomic E-state index is 0.0127. The predicted octanol–water partition coefficient (Wildman–Crippen LogP) is 2.06. The minimum Gasteiger partial charge on any atom is -0.397 e. The maximum Gasteiger partial charge on any atom is 0.268 e. The zero-order chi connectivity index (χ0) is 13.7. The third kappa shape index (κ3) is 4.11. The highest BCUT2D eigenvalue weighted by atomic mass is 32.2. The number of rotatable bonds is 5. The van der Waals surface area contributed by atoms with Gasteiger partial charge in [-0.2, -0.15) is 23.5 Å². The number of thioether (sulfide) groups is 2. The number of amides is 1. The molecule has 1 aromatic heterocycles. The van der Waals surface area contributed by atoms with E-state index in [1.165, 1.54) is 11.5 Å². The molecule has 1 atom stereocenters. The number of nitrogens with two attached hydrogens (primary N) is 1. The lowest BCUT2D eigenvalue weighted by atomic mass is 10.3. The molecule has 1 aliphatic heterocycles. The average Bonchev–Trinajstić information content (AvgIpc) is 2.79. The molecule has 0 spiro atoms. The summed E-state index contributed by atoms with van der Waals surface area (Å²) in [6.07, 6.45) is 2.83. The Labute approximate surface area is 122 Å². The number of nitrogens with zero attached hydrogens (tertiary/aromatic N) is 1. The van der Waals surface area contributed by atoms with Crippen LogP contribution in [0.15, 0.2) is 12.3 Å². The number of aryl methyl sites for hydroxylation is 1. The molecule has 1 aliphatic rings. The number of anilines is 1. The molecule has 6 heteroatoms. The molecule has 0 saturated carbocycles. The van der Waals surface area contributed by atoms with Gasteiger partial charge >= 0.3 is 0 Å². The van der Waals surface area contributed by atoms with Crippen molar-refractivity contribution in [2.45, 2.75) is 25.1 Å². The normalized spacial score (nSPS) is 19.3. The number of nitrogen functional groups attached to an aromatic ring is 1. The van der Waals surface area contributed by atoms with Crippen molar-refractivity contribution in [3.05, 3.63) is 18.0 Å². The van der Waals surface area contributed by atoms with Crippen LogP contribution < -0.4 is 11.1 Å². The lowest BCUT2D eigenvalue weighted by Crippen LogP contribution is -2.34. The molecule has 1 saturated heterocycles. The molecule has 0 radical (unpaired) electrons. The van der Waals surface area contributed by atoms with E-state index < -0.39 is 0 Å². The van der Waals surface area contributed by atoms with E-state index in [1.54, 1.807) is 6.07 Å². The van der Waals surface area contributed by atoms with Gasteiger partial charge in [0.1, 0.15) is 5.69 Å².